The Balaban J connectivity index is 1.82. The van der Waals surface area contributed by atoms with Gasteiger partial charge in [0.05, 0.1) is 28.4 Å². The van der Waals surface area contributed by atoms with Crippen molar-refractivity contribution < 1.29 is 12.8 Å². The Labute approximate surface area is 183 Å². The van der Waals surface area contributed by atoms with E-state index in [0.29, 0.717) is 16.8 Å². The average molecular weight is 446 g/mol. The Morgan fingerprint density at radius 2 is 1.75 bits per heavy atom. The number of aromatic nitrogens is 3. The summed E-state index contributed by atoms with van der Waals surface area (Å²) in [5, 5.41) is 4.35. The number of rotatable bonds is 4. The average Bonchev–Trinajstić information content (AvgIpc) is 3.38. The van der Waals surface area contributed by atoms with E-state index >= 15 is 0 Å². The first-order valence-corrected chi connectivity index (χ1v) is 11.3. The van der Waals surface area contributed by atoms with Gasteiger partial charge in [-0.1, -0.05) is 18.2 Å². The summed E-state index contributed by atoms with van der Waals surface area (Å²) in [5.74, 6) is 0.412. The molecule has 0 fully saturated rings. The first-order chi connectivity index (χ1) is 15.4. The van der Waals surface area contributed by atoms with Crippen molar-refractivity contribution in [2.24, 2.45) is 5.10 Å². The number of furan rings is 1. The largest absolute Gasteiger partial charge is 0.463 e. The minimum Gasteiger partial charge on any atom is -0.463 e. The Morgan fingerprint density at radius 3 is 2.44 bits per heavy atom. The monoisotopic (exact) mass is 445 g/mol. The molecule has 0 saturated heterocycles. The van der Waals surface area contributed by atoms with E-state index in [9.17, 15) is 8.42 Å². The van der Waals surface area contributed by atoms with E-state index in [4.69, 9.17) is 10.2 Å². The second kappa shape index (κ2) is 7.31. The quantitative estimate of drug-likeness (QED) is 0.417. The van der Waals surface area contributed by atoms with Gasteiger partial charge in [-0.3, -0.25) is 0 Å². The molecule has 32 heavy (non-hydrogen) atoms. The van der Waals surface area contributed by atoms with Crippen LogP contribution in [0.2, 0.25) is 0 Å². The van der Waals surface area contributed by atoms with Crippen molar-refractivity contribution in [2.45, 2.75) is 23.6 Å². The molecule has 2 aromatic carbocycles. The van der Waals surface area contributed by atoms with Gasteiger partial charge in [-0.2, -0.15) is 9.78 Å². The molecule has 0 unspecified atom stereocenters. The Bertz CT molecular complexity index is 1620. The number of para-hydroxylation sites is 2. The SMILES string of the molecule is Cc1ccc(S(=O)(=O)c2c(N)n(/N=C\c3ccco3)c3nc4ccccc4nc23)cc1C. The van der Waals surface area contributed by atoms with Crippen LogP contribution in [0.25, 0.3) is 22.2 Å². The number of nitrogen functional groups attached to an aromatic ring is 1. The highest BCUT2D eigenvalue weighted by Gasteiger charge is 2.30. The molecule has 0 aliphatic rings. The molecule has 0 radical (unpaired) electrons. The molecule has 9 heteroatoms. The zero-order valence-electron chi connectivity index (χ0n) is 17.4. The highest BCUT2D eigenvalue weighted by molar-refractivity contribution is 7.92. The van der Waals surface area contributed by atoms with Gasteiger partial charge >= 0.3 is 0 Å². The maximum atomic E-state index is 13.7. The predicted octanol–water partition coefficient (Wildman–Crippen LogP) is 4.09. The van der Waals surface area contributed by atoms with Gasteiger partial charge in [0.1, 0.15) is 22.0 Å². The van der Waals surface area contributed by atoms with Gasteiger partial charge in [0, 0.05) is 0 Å². The maximum Gasteiger partial charge on any atom is 0.212 e. The number of hydrogen-bond donors (Lipinski definition) is 1. The second-order valence-corrected chi connectivity index (χ2v) is 9.31. The van der Waals surface area contributed by atoms with Crippen LogP contribution in [0.15, 0.2) is 80.2 Å². The number of benzene rings is 2. The summed E-state index contributed by atoms with van der Waals surface area (Å²) in [5.41, 5.74) is 9.79. The molecule has 5 aromatic rings. The van der Waals surface area contributed by atoms with Crippen LogP contribution < -0.4 is 5.73 Å². The van der Waals surface area contributed by atoms with Gasteiger partial charge in [0.15, 0.2) is 5.65 Å². The van der Waals surface area contributed by atoms with Crippen LogP contribution in [0.5, 0.6) is 0 Å². The lowest BCUT2D eigenvalue weighted by molar-refractivity contribution is 0.559. The van der Waals surface area contributed by atoms with E-state index in [1.807, 2.05) is 26.0 Å². The number of sulfone groups is 1. The van der Waals surface area contributed by atoms with Gasteiger partial charge in [-0.25, -0.2) is 18.4 Å². The number of nitrogens with zero attached hydrogens (tertiary/aromatic N) is 4. The van der Waals surface area contributed by atoms with E-state index in [0.717, 1.165) is 11.1 Å². The molecule has 3 heterocycles. The van der Waals surface area contributed by atoms with Crippen LogP contribution in [0.4, 0.5) is 5.82 Å². The molecule has 0 aliphatic carbocycles. The second-order valence-electron chi connectivity index (χ2n) is 7.42. The van der Waals surface area contributed by atoms with Crippen molar-refractivity contribution >= 4 is 44.1 Å². The summed E-state index contributed by atoms with van der Waals surface area (Å²) in [6.45, 7) is 3.79. The normalized spacial score (nSPS) is 12.3. The lowest BCUT2D eigenvalue weighted by Gasteiger charge is -2.07. The molecule has 0 bridgehead atoms. The Hall–Kier alpha value is -3.98. The van der Waals surface area contributed by atoms with Crippen LogP contribution in [0, 0.1) is 13.8 Å². The van der Waals surface area contributed by atoms with Crippen molar-refractivity contribution in [3.8, 4) is 0 Å². The van der Waals surface area contributed by atoms with Crippen LogP contribution >= 0.6 is 0 Å². The number of fused-ring (bicyclic) bond motifs is 2. The van der Waals surface area contributed by atoms with Crippen molar-refractivity contribution in [1.29, 1.82) is 0 Å². The molecule has 160 valence electrons. The Morgan fingerprint density at radius 1 is 1.00 bits per heavy atom. The zero-order valence-corrected chi connectivity index (χ0v) is 18.2. The smallest absolute Gasteiger partial charge is 0.212 e. The summed E-state index contributed by atoms with van der Waals surface area (Å²) in [7, 11) is -4.00. The molecule has 8 nitrogen and oxygen atoms in total. The summed E-state index contributed by atoms with van der Waals surface area (Å²) in [6.07, 6.45) is 2.96. The third kappa shape index (κ3) is 3.14. The fraction of sp³-hybridized carbons (Fsp3) is 0.0870. The van der Waals surface area contributed by atoms with Crippen LogP contribution in [-0.2, 0) is 9.84 Å². The minimum atomic E-state index is -4.00. The Kier molecular flexibility index (Phi) is 4.56. The standard InChI is InChI=1S/C23H19N5O3S/c1-14-9-10-17(12-15(14)2)32(29,30)21-20-23(27-19-8-4-3-7-18(19)26-20)28(22(21)24)25-13-16-6-5-11-31-16/h3-13H,24H2,1-2H3/b25-13-. The van der Waals surface area contributed by atoms with Gasteiger partial charge in [0.25, 0.3) is 0 Å². The fourth-order valence-electron chi connectivity index (χ4n) is 3.48. The van der Waals surface area contributed by atoms with E-state index in [1.54, 1.807) is 42.5 Å². The van der Waals surface area contributed by atoms with Crippen molar-refractivity contribution in [3.63, 3.8) is 0 Å². The van der Waals surface area contributed by atoms with Crippen LogP contribution in [0.1, 0.15) is 16.9 Å². The zero-order chi connectivity index (χ0) is 22.5. The predicted molar refractivity (Wildman–Crippen MR) is 123 cm³/mol. The van der Waals surface area contributed by atoms with Crippen LogP contribution in [-0.4, -0.2) is 29.3 Å². The number of aryl methyl sites for hydroxylation is 2. The fourth-order valence-corrected chi connectivity index (χ4v) is 5.05. The van der Waals surface area contributed by atoms with Gasteiger partial charge < -0.3 is 10.2 Å². The molecular weight excluding hydrogens is 426 g/mol. The number of hydrogen-bond acceptors (Lipinski definition) is 7. The first-order valence-electron chi connectivity index (χ1n) is 9.83. The van der Waals surface area contributed by atoms with Crippen molar-refractivity contribution in [3.05, 3.63) is 77.7 Å². The topological polar surface area (TPSA) is 116 Å². The van der Waals surface area contributed by atoms with Gasteiger partial charge in [-0.15, -0.1) is 0 Å². The van der Waals surface area contributed by atoms with Crippen molar-refractivity contribution in [2.75, 3.05) is 5.73 Å². The van der Waals surface area contributed by atoms with Crippen LogP contribution in [0.3, 0.4) is 0 Å². The summed E-state index contributed by atoms with van der Waals surface area (Å²) >= 11 is 0. The third-order valence-corrected chi connectivity index (χ3v) is 7.14. The minimum absolute atomic E-state index is 0.0728. The molecule has 0 spiro atoms. The summed E-state index contributed by atoms with van der Waals surface area (Å²) in [6, 6.07) is 15.6. The lowest BCUT2D eigenvalue weighted by atomic mass is 10.1. The van der Waals surface area contributed by atoms with Gasteiger partial charge in [-0.05, 0) is 61.4 Å². The lowest BCUT2D eigenvalue weighted by Crippen LogP contribution is -2.07. The van der Waals surface area contributed by atoms with E-state index in [2.05, 4.69) is 15.1 Å². The molecule has 2 N–H and O–H groups in total. The highest BCUT2D eigenvalue weighted by Crippen LogP contribution is 2.35. The molecule has 5 rings (SSSR count). The first kappa shape index (κ1) is 20.0. The van der Waals surface area contributed by atoms with E-state index in [1.165, 1.54) is 17.2 Å². The summed E-state index contributed by atoms with van der Waals surface area (Å²) in [4.78, 5) is 9.22. The molecule has 0 saturated carbocycles. The molecule has 0 aliphatic heterocycles. The molecule has 3 aromatic heterocycles. The number of nitrogens with two attached hydrogens (primary N) is 1. The maximum absolute atomic E-state index is 13.7. The van der Waals surface area contributed by atoms with Gasteiger partial charge in [0.2, 0.25) is 9.84 Å². The van der Waals surface area contributed by atoms with Crippen molar-refractivity contribution in [1.82, 2.24) is 14.6 Å². The molecular formula is C23H19N5O3S. The summed E-state index contributed by atoms with van der Waals surface area (Å²) < 4.78 is 33.9. The third-order valence-electron chi connectivity index (χ3n) is 5.33. The van der Waals surface area contributed by atoms with E-state index < -0.39 is 9.84 Å². The van der Waals surface area contributed by atoms with E-state index in [-0.39, 0.29) is 26.8 Å². The number of anilines is 1. The highest BCUT2D eigenvalue weighted by atomic mass is 32.2. The molecule has 0 amide bonds. The molecule has 0 atom stereocenters.